The minimum absolute atomic E-state index is 0.273. The molecule has 0 atom stereocenters. The minimum atomic E-state index is -7.55. The van der Waals surface area contributed by atoms with Crippen LogP contribution in [0.5, 0.6) is 0 Å². The Bertz CT molecular complexity index is 40.7. The fraction of sp³-hybridized carbons (Fsp3) is 1.00. The second kappa shape index (κ2) is 0.988. The van der Waals surface area contributed by atoms with Crippen LogP contribution in [-0.2, 0) is 0 Å². The molecule has 0 aliphatic carbocycles. The zero-order valence-electron chi connectivity index (χ0n) is 2.89. The van der Waals surface area contributed by atoms with Gasteiger partial charge in [-0.2, -0.15) is 0 Å². The molecule has 0 unspecified atom stereocenters. The summed E-state index contributed by atoms with van der Waals surface area (Å²) in [4.78, 5) is -0.273. The quantitative estimate of drug-likeness (QED) is 0.333. The van der Waals surface area contributed by atoms with Crippen LogP contribution in [0.1, 0.15) is 0 Å². The predicted molar refractivity (Wildman–Crippen MR) is 24.4 cm³/mol. The molecule has 0 spiro atoms. The Balaban J connectivity index is 3.73. The van der Waals surface area contributed by atoms with Crippen molar-refractivity contribution >= 4 is 19.3 Å². The summed E-state index contributed by atoms with van der Waals surface area (Å²) in [6.07, 6.45) is 0. The third-order valence-electron chi connectivity index (χ3n) is 0. The molecule has 0 aromatic heterocycles. The predicted octanol–water partition coefficient (Wildman–Crippen LogP) is 2.73. The molecule has 6 heavy (non-hydrogen) atoms. The summed E-state index contributed by atoms with van der Waals surface area (Å²) in [6.45, 7) is 0. The van der Waals surface area contributed by atoms with Crippen molar-refractivity contribution in [2.75, 3.05) is 4.93 Å². The first-order valence-electron chi connectivity index (χ1n) is 0.949. The van der Waals surface area contributed by atoms with E-state index in [9.17, 15) is 11.4 Å². The third kappa shape index (κ3) is 262. The van der Waals surface area contributed by atoms with Crippen molar-refractivity contribution in [3.63, 3.8) is 0 Å². The van der Waals surface area contributed by atoms with E-state index in [0.717, 1.165) is 0 Å². The zero-order valence-corrected chi connectivity index (χ0v) is 5.05. The summed E-state index contributed by atoms with van der Waals surface area (Å²) >= 11 is -7.55. The van der Waals surface area contributed by atoms with Gasteiger partial charge < -0.3 is 0 Å². The Morgan fingerprint density at radius 3 is 1.00 bits per heavy atom. The van der Waals surface area contributed by atoms with E-state index in [0.29, 0.717) is 0 Å². The Morgan fingerprint density at radius 1 is 1.00 bits per heavy atom. The van der Waals surface area contributed by atoms with Crippen molar-refractivity contribution in [3.8, 4) is 0 Å². The molecular weight excluding hydrogens is 215 g/mol. The van der Waals surface area contributed by atoms with Crippen LogP contribution in [-0.4, -0.2) is 4.93 Å². The zero-order chi connectivity index (χ0) is 5.45. The van der Waals surface area contributed by atoms with Crippen LogP contribution in [0.25, 0.3) is 0 Å². The molecule has 0 saturated heterocycles. The summed E-state index contributed by atoms with van der Waals surface area (Å²) in [7, 11) is 0. The van der Waals surface area contributed by atoms with Gasteiger partial charge in [-0.05, 0) is 0 Å². The van der Waals surface area contributed by atoms with Gasteiger partial charge in [0.1, 0.15) is 0 Å². The van der Waals surface area contributed by atoms with Crippen molar-refractivity contribution < 1.29 is 11.4 Å². The Kier molecular flexibility index (Phi) is 1.06. The fourth-order valence-electron chi connectivity index (χ4n) is 0. The molecule has 0 radical (unpaired) electrons. The van der Waals surface area contributed by atoms with Gasteiger partial charge in [0.25, 0.3) is 0 Å². The topological polar surface area (TPSA) is 0 Å². The summed E-state index contributed by atoms with van der Waals surface area (Å²) in [5.41, 5.74) is 0. The van der Waals surface area contributed by atoms with Gasteiger partial charge in [-0.1, -0.05) is 0 Å². The van der Waals surface area contributed by atoms with Crippen molar-refractivity contribution in [2.45, 2.75) is 0 Å². The van der Waals surface area contributed by atoms with Gasteiger partial charge in [0.15, 0.2) is 0 Å². The van der Waals surface area contributed by atoms with Crippen LogP contribution in [0.4, 0.5) is 11.4 Å². The normalized spacial score (nSPS) is 19.2. The summed E-state index contributed by atoms with van der Waals surface area (Å²) in [5.74, 6) is 0. The number of rotatable bonds is 0. The molecule has 0 rings (SSSR count). The second-order valence-corrected chi connectivity index (χ2v) is 6.01. The fourth-order valence-corrected chi connectivity index (χ4v) is 0. The molecule has 0 amide bonds. The van der Waals surface area contributed by atoms with Gasteiger partial charge in [0.2, 0.25) is 0 Å². The first-order valence-corrected chi connectivity index (χ1v) is 6.37. The molecule has 0 aromatic carbocycles. The van der Waals surface area contributed by atoms with Gasteiger partial charge in [-0.15, -0.1) is 0 Å². The summed E-state index contributed by atoms with van der Waals surface area (Å²) < 4.78 is 42.2. The average Bonchev–Trinajstić information content (AvgIpc) is 0.650. The van der Waals surface area contributed by atoms with E-state index >= 15 is 0 Å². The monoisotopic (exact) mass is 218 g/mol. The van der Waals surface area contributed by atoms with Crippen molar-refractivity contribution in [2.24, 2.45) is 0 Å². The van der Waals surface area contributed by atoms with E-state index in [1.807, 2.05) is 0 Å². The van der Waals surface area contributed by atoms with Gasteiger partial charge in [-0.25, -0.2) is 0 Å². The van der Waals surface area contributed by atoms with Gasteiger partial charge in [0, 0.05) is 0 Å². The van der Waals surface area contributed by atoms with Crippen LogP contribution >= 0.6 is 19.3 Å². The first-order chi connectivity index (χ1) is 2.24. The van der Waals surface area contributed by atoms with Crippen LogP contribution in [0, 0.1) is 0 Å². The Labute approximate surface area is 36.3 Å². The van der Waals surface area contributed by atoms with Gasteiger partial charge >= 0.3 is 35.7 Å². The number of halogens is 5. The molecule has 0 aliphatic rings. The van der Waals surface area contributed by atoms with Crippen LogP contribution in [0.2, 0.25) is 0 Å². The molecule has 0 heterocycles. The average molecular weight is 218 g/mol. The van der Waals surface area contributed by atoms with E-state index in [4.69, 9.17) is 0 Å². The van der Waals surface area contributed by atoms with Crippen molar-refractivity contribution in [1.29, 1.82) is 0 Å². The Morgan fingerprint density at radius 2 is 1.00 bits per heavy atom. The van der Waals surface area contributed by atoms with Crippen LogP contribution in [0.3, 0.4) is 0 Å². The van der Waals surface area contributed by atoms with Crippen LogP contribution in [0.15, 0.2) is 0 Å². The second-order valence-electron chi connectivity index (χ2n) is 0.895. The maximum absolute atomic E-state index is 10.6. The summed E-state index contributed by atoms with van der Waals surface area (Å²) in [5, 5.41) is 0. The SMILES string of the molecule is CI(F)(F)(F)F. The molecular formula is CH3F4I. The van der Waals surface area contributed by atoms with E-state index in [1.54, 1.807) is 0 Å². The molecule has 5 heteroatoms. The van der Waals surface area contributed by atoms with Crippen molar-refractivity contribution in [3.05, 3.63) is 0 Å². The van der Waals surface area contributed by atoms with E-state index < -0.39 is 19.3 Å². The molecule has 0 aromatic rings. The third-order valence-corrected chi connectivity index (χ3v) is 0. The van der Waals surface area contributed by atoms with E-state index in [-0.39, 0.29) is 4.93 Å². The molecule has 0 fully saturated rings. The van der Waals surface area contributed by atoms with Crippen molar-refractivity contribution in [1.82, 2.24) is 0 Å². The maximum atomic E-state index is 10.6. The number of alkyl halides is 1. The summed E-state index contributed by atoms with van der Waals surface area (Å²) in [6, 6.07) is 0. The van der Waals surface area contributed by atoms with Gasteiger partial charge in [0.05, 0.1) is 0 Å². The molecule has 42 valence electrons. The molecule has 0 N–H and O–H groups in total. The number of hydrogen-bond donors (Lipinski definition) is 0. The van der Waals surface area contributed by atoms with E-state index in [2.05, 4.69) is 0 Å². The molecule has 0 saturated carbocycles. The molecule has 0 nitrogen and oxygen atoms in total. The Hall–Kier alpha value is 0.450. The van der Waals surface area contributed by atoms with E-state index in [1.165, 1.54) is 0 Å². The number of hydrogen-bond acceptors (Lipinski definition) is 0. The van der Waals surface area contributed by atoms with Gasteiger partial charge in [-0.3, -0.25) is 0 Å². The standard InChI is InChI=1S/CH3F4I/c1-6(2,3,4)5/h1H3. The first kappa shape index (κ1) is 6.45. The molecule has 0 bridgehead atoms. The molecule has 0 aliphatic heterocycles. The van der Waals surface area contributed by atoms with Crippen LogP contribution < -0.4 is 0 Å².